The Morgan fingerprint density at radius 3 is 2.70 bits per heavy atom. The molecule has 20 heavy (non-hydrogen) atoms. The van der Waals surface area contributed by atoms with E-state index in [1.165, 1.54) is 6.42 Å². The topological polar surface area (TPSA) is 49.0 Å². The van der Waals surface area contributed by atoms with Crippen LogP contribution in [0.25, 0.3) is 10.9 Å². The number of aromatic amines is 1. The summed E-state index contributed by atoms with van der Waals surface area (Å²) in [5, 5.41) is 8.14. The number of piperidine rings is 1. The first-order valence-electron chi connectivity index (χ1n) is 7.28. The van der Waals surface area contributed by atoms with Crippen molar-refractivity contribution >= 4 is 16.8 Å². The zero-order valence-electron chi connectivity index (χ0n) is 12.3. The number of H-pyrrole nitrogens is 1. The molecule has 0 spiro atoms. The number of likely N-dealkylation sites (tertiary alicyclic amines) is 1. The number of carbonyl (C=O) groups is 1. The van der Waals surface area contributed by atoms with E-state index in [2.05, 4.69) is 24.0 Å². The van der Waals surface area contributed by atoms with Gasteiger partial charge in [0.25, 0.3) is 5.91 Å². The molecule has 2 atom stereocenters. The van der Waals surface area contributed by atoms with Gasteiger partial charge in [0, 0.05) is 18.5 Å². The maximum Gasteiger partial charge on any atom is 0.275 e. The highest BCUT2D eigenvalue weighted by Crippen LogP contribution is 2.24. The van der Waals surface area contributed by atoms with Crippen molar-refractivity contribution in [1.29, 1.82) is 0 Å². The lowest BCUT2D eigenvalue weighted by atomic mass is 9.91. The number of nitrogens with one attached hydrogen (secondary N) is 1. The van der Waals surface area contributed by atoms with Gasteiger partial charge in [-0.05, 0) is 37.3 Å². The van der Waals surface area contributed by atoms with Gasteiger partial charge < -0.3 is 4.90 Å². The first-order chi connectivity index (χ1) is 9.54. The van der Waals surface area contributed by atoms with Crippen LogP contribution in [0.4, 0.5) is 0 Å². The second-order valence-corrected chi connectivity index (χ2v) is 6.28. The van der Waals surface area contributed by atoms with Gasteiger partial charge in [-0.3, -0.25) is 9.89 Å². The summed E-state index contributed by atoms with van der Waals surface area (Å²) >= 11 is 0. The van der Waals surface area contributed by atoms with Crippen molar-refractivity contribution in [2.24, 2.45) is 11.8 Å². The van der Waals surface area contributed by atoms with Crippen LogP contribution in [-0.2, 0) is 0 Å². The molecule has 1 aliphatic heterocycles. The van der Waals surface area contributed by atoms with E-state index in [0.717, 1.165) is 29.6 Å². The van der Waals surface area contributed by atoms with E-state index in [1.807, 2.05) is 30.0 Å². The van der Waals surface area contributed by atoms with Crippen LogP contribution in [0, 0.1) is 18.8 Å². The molecule has 1 N–H and O–H groups in total. The number of aromatic nitrogens is 2. The maximum absolute atomic E-state index is 12.7. The Labute approximate surface area is 119 Å². The van der Waals surface area contributed by atoms with Crippen molar-refractivity contribution < 1.29 is 4.79 Å². The van der Waals surface area contributed by atoms with Crippen molar-refractivity contribution in [3.05, 3.63) is 29.5 Å². The molecule has 1 fully saturated rings. The smallest absolute Gasteiger partial charge is 0.275 e. The molecule has 2 aromatic rings. The second kappa shape index (κ2) is 4.93. The second-order valence-electron chi connectivity index (χ2n) is 6.28. The third-order valence-corrected chi connectivity index (χ3v) is 4.08. The molecular weight excluding hydrogens is 250 g/mol. The van der Waals surface area contributed by atoms with Crippen LogP contribution >= 0.6 is 0 Å². The van der Waals surface area contributed by atoms with Crippen LogP contribution in [-0.4, -0.2) is 34.1 Å². The van der Waals surface area contributed by atoms with Gasteiger partial charge in [0.15, 0.2) is 5.69 Å². The summed E-state index contributed by atoms with van der Waals surface area (Å²) in [5.74, 6) is 1.18. The summed E-state index contributed by atoms with van der Waals surface area (Å²) in [6.07, 6.45) is 1.20. The van der Waals surface area contributed by atoms with Gasteiger partial charge in [-0.2, -0.15) is 5.10 Å². The SMILES string of the molecule is Cc1ccc2[nH]nc(C(=O)N3C[C@H](C)C[C@@H](C)C3)c2c1. The average Bonchev–Trinajstić information content (AvgIpc) is 2.79. The minimum Gasteiger partial charge on any atom is -0.337 e. The Morgan fingerprint density at radius 2 is 2.00 bits per heavy atom. The molecule has 1 amide bonds. The van der Waals surface area contributed by atoms with Crippen LogP contribution < -0.4 is 0 Å². The summed E-state index contributed by atoms with van der Waals surface area (Å²) in [6.45, 7) is 8.13. The molecule has 4 heteroatoms. The van der Waals surface area contributed by atoms with E-state index in [4.69, 9.17) is 0 Å². The maximum atomic E-state index is 12.7. The molecule has 0 bridgehead atoms. The largest absolute Gasteiger partial charge is 0.337 e. The summed E-state index contributed by atoms with van der Waals surface area (Å²) < 4.78 is 0. The van der Waals surface area contributed by atoms with Crippen LogP contribution in [0.1, 0.15) is 36.3 Å². The highest BCUT2D eigenvalue weighted by molar-refractivity contribution is 6.04. The molecule has 4 nitrogen and oxygen atoms in total. The summed E-state index contributed by atoms with van der Waals surface area (Å²) in [6, 6.07) is 6.04. The van der Waals surface area contributed by atoms with Crippen LogP contribution in [0.3, 0.4) is 0 Å². The van der Waals surface area contributed by atoms with Gasteiger partial charge in [-0.25, -0.2) is 0 Å². The van der Waals surface area contributed by atoms with Crippen molar-refractivity contribution in [1.82, 2.24) is 15.1 Å². The van der Waals surface area contributed by atoms with Crippen molar-refractivity contribution in [2.75, 3.05) is 13.1 Å². The molecule has 1 aromatic heterocycles. The molecule has 3 rings (SSSR count). The number of aryl methyl sites for hydroxylation is 1. The zero-order valence-corrected chi connectivity index (χ0v) is 12.3. The van der Waals surface area contributed by atoms with E-state index in [-0.39, 0.29) is 5.91 Å². The molecule has 1 saturated heterocycles. The van der Waals surface area contributed by atoms with Gasteiger partial charge in [0.05, 0.1) is 5.52 Å². The van der Waals surface area contributed by atoms with E-state index < -0.39 is 0 Å². The third-order valence-electron chi connectivity index (χ3n) is 4.08. The monoisotopic (exact) mass is 271 g/mol. The first kappa shape index (κ1) is 13.2. The molecule has 1 aliphatic rings. The van der Waals surface area contributed by atoms with Gasteiger partial charge in [0.1, 0.15) is 0 Å². The van der Waals surface area contributed by atoms with Crippen molar-refractivity contribution in [2.45, 2.75) is 27.2 Å². The molecular formula is C16H21N3O. The van der Waals surface area contributed by atoms with Crippen LogP contribution in [0.15, 0.2) is 18.2 Å². The fourth-order valence-electron chi connectivity index (χ4n) is 3.27. The van der Waals surface area contributed by atoms with E-state index in [0.29, 0.717) is 17.5 Å². The molecule has 106 valence electrons. The number of rotatable bonds is 1. The van der Waals surface area contributed by atoms with E-state index in [1.54, 1.807) is 0 Å². The summed E-state index contributed by atoms with van der Waals surface area (Å²) in [7, 11) is 0. The molecule has 0 aliphatic carbocycles. The summed E-state index contributed by atoms with van der Waals surface area (Å²) in [5.41, 5.74) is 2.63. The Kier molecular flexibility index (Phi) is 3.24. The number of hydrogen-bond acceptors (Lipinski definition) is 2. The lowest BCUT2D eigenvalue weighted by Crippen LogP contribution is -2.42. The van der Waals surface area contributed by atoms with Crippen LogP contribution in [0.2, 0.25) is 0 Å². The Balaban J connectivity index is 1.94. The lowest BCUT2D eigenvalue weighted by molar-refractivity contribution is 0.0619. The number of fused-ring (bicyclic) bond motifs is 1. The molecule has 1 aromatic carbocycles. The van der Waals surface area contributed by atoms with Gasteiger partial charge in [-0.1, -0.05) is 25.5 Å². The number of benzene rings is 1. The average molecular weight is 271 g/mol. The predicted octanol–water partition coefficient (Wildman–Crippen LogP) is 2.99. The number of hydrogen-bond donors (Lipinski definition) is 1. The normalized spacial score (nSPS) is 23.2. The van der Waals surface area contributed by atoms with Gasteiger partial charge in [-0.15, -0.1) is 0 Å². The highest BCUT2D eigenvalue weighted by atomic mass is 16.2. The van der Waals surface area contributed by atoms with E-state index in [9.17, 15) is 4.79 Å². The molecule has 2 heterocycles. The Hall–Kier alpha value is -1.84. The third kappa shape index (κ3) is 2.30. The minimum absolute atomic E-state index is 0.0558. The molecule has 0 unspecified atom stereocenters. The Morgan fingerprint density at radius 1 is 1.30 bits per heavy atom. The Bertz CT molecular complexity index is 636. The van der Waals surface area contributed by atoms with Crippen molar-refractivity contribution in [3.8, 4) is 0 Å². The minimum atomic E-state index is 0.0558. The fourth-order valence-corrected chi connectivity index (χ4v) is 3.27. The van der Waals surface area contributed by atoms with Gasteiger partial charge >= 0.3 is 0 Å². The quantitative estimate of drug-likeness (QED) is 0.866. The highest BCUT2D eigenvalue weighted by Gasteiger charge is 2.28. The zero-order chi connectivity index (χ0) is 14.3. The molecule has 0 radical (unpaired) electrons. The lowest BCUT2D eigenvalue weighted by Gasteiger charge is -2.34. The molecule has 0 saturated carbocycles. The summed E-state index contributed by atoms with van der Waals surface area (Å²) in [4.78, 5) is 14.7. The number of nitrogens with zero attached hydrogens (tertiary/aromatic N) is 2. The predicted molar refractivity (Wildman–Crippen MR) is 79.7 cm³/mol. The van der Waals surface area contributed by atoms with E-state index >= 15 is 0 Å². The van der Waals surface area contributed by atoms with Gasteiger partial charge in [0.2, 0.25) is 0 Å². The van der Waals surface area contributed by atoms with Crippen molar-refractivity contribution in [3.63, 3.8) is 0 Å². The first-order valence-corrected chi connectivity index (χ1v) is 7.28. The standard InChI is InChI=1S/C16H21N3O/c1-10-4-5-14-13(7-10)15(18-17-14)16(20)19-8-11(2)6-12(3)9-19/h4-5,7,11-12H,6,8-9H2,1-3H3,(H,17,18)/t11-,12-/m1/s1. The fraction of sp³-hybridized carbons (Fsp3) is 0.500. The number of carbonyl (C=O) groups excluding carboxylic acids is 1. The van der Waals surface area contributed by atoms with Crippen LogP contribution in [0.5, 0.6) is 0 Å². The number of amides is 1.